The highest BCUT2D eigenvalue weighted by Gasteiger charge is 2.47. The SMILES string of the molecule is CN1C(=O)[C@@H]([C@H]2OC(=O)c3ccccc32)S/C1=C\[N+](=O)[O-]. The lowest BCUT2D eigenvalue weighted by atomic mass is 10.0. The van der Waals surface area contributed by atoms with Gasteiger partial charge in [0.05, 0.1) is 10.5 Å². The second-order valence-corrected chi connectivity index (χ2v) is 5.76. The average Bonchev–Trinajstić information content (AvgIpc) is 2.91. The standard InChI is InChI=1S/C13H10N2O5S/c1-14-9(6-15(18)19)21-11(12(14)16)10-7-4-2-3-5-8(7)13(17)20-10/h2-6,10-11H,1H3/b9-6-/t10-,11+/m0/s1. The number of hydrogen-bond donors (Lipinski definition) is 0. The van der Waals surface area contributed by atoms with E-state index in [4.69, 9.17) is 4.74 Å². The van der Waals surface area contributed by atoms with E-state index in [1.54, 1.807) is 24.3 Å². The summed E-state index contributed by atoms with van der Waals surface area (Å²) in [5.74, 6) is -0.791. The highest BCUT2D eigenvalue weighted by molar-refractivity contribution is 8.04. The number of rotatable bonds is 2. The van der Waals surface area contributed by atoms with Crippen LogP contribution in [0.5, 0.6) is 0 Å². The maximum Gasteiger partial charge on any atom is 0.339 e. The summed E-state index contributed by atoms with van der Waals surface area (Å²) in [4.78, 5) is 35.2. The minimum atomic E-state index is -0.716. The highest BCUT2D eigenvalue weighted by atomic mass is 32.2. The van der Waals surface area contributed by atoms with Gasteiger partial charge < -0.3 is 9.64 Å². The van der Waals surface area contributed by atoms with E-state index in [2.05, 4.69) is 0 Å². The van der Waals surface area contributed by atoms with Crippen LogP contribution in [0.25, 0.3) is 0 Å². The Morgan fingerprint density at radius 3 is 2.81 bits per heavy atom. The smallest absolute Gasteiger partial charge is 0.339 e. The van der Waals surface area contributed by atoms with E-state index in [0.717, 1.165) is 18.0 Å². The first-order valence-electron chi connectivity index (χ1n) is 6.08. The van der Waals surface area contributed by atoms with Gasteiger partial charge in [-0.15, -0.1) is 0 Å². The minimum Gasteiger partial charge on any atom is -0.452 e. The Balaban J connectivity index is 1.95. The Morgan fingerprint density at radius 1 is 1.38 bits per heavy atom. The van der Waals surface area contributed by atoms with Crippen molar-refractivity contribution in [3.8, 4) is 0 Å². The largest absolute Gasteiger partial charge is 0.452 e. The average molecular weight is 306 g/mol. The van der Waals surface area contributed by atoms with Crippen molar-refractivity contribution in [2.75, 3.05) is 7.05 Å². The molecule has 0 N–H and O–H groups in total. The molecule has 1 aromatic rings. The Morgan fingerprint density at radius 2 is 2.10 bits per heavy atom. The molecule has 2 aliphatic heterocycles. The first-order chi connectivity index (χ1) is 9.99. The maximum atomic E-state index is 12.3. The summed E-state index contributed by atoms with van der Waals surface area (Å²) in [6.07, 6.45) is 0.0666. The van der Waals surface area contributed by atoms with Crippen LogP contribution in [0, 0.1) is 10.1 Å². The van der Waals surface area contributed by atoms with E-state index in [1.165, 1.54) is 11.9 Å². The molecule has 1 amide bonds. The molecule has 0 aliphatic carbocycles. The van der Waals surface area contributed by atoms with Crippen molar-refractivity contribution in [3.05, 3.63) is 56.7 Å². The molecule has 108 valence electrons. The lowest BCUT2D eigenvalue weighted by Crippen LogP contribution is -2.29. The Kier molecular flexibility index (Phi) is 3.17. The van der Waals surface area contributed by atoms with E-state index in [0.29, 0.717) is 11.1 Å². The van der Waals surface area contributed by atoms with Gasteiger partial charge in [0.1, 0.15) is 16.4 Å². The normalized spacial score (nSPS) is 26.1. The summed E-state index contributed by atoms with van der Waals surface area (Å²) >= 11 is 1.04. The molecule has 1 saturated heterocycles. The highest BCUT2D eigenvalue weighted by Crippen LogP contribution is 2.45. The number of carbonyl (C=O) groups is 2. The van der Waals surface area contributed by atoms with Crippen molar-refractivity contribution >= 4 is 23.6 Å². The van der Waals surface area contributed by atoms with Crippen LogP contribution in [0.15, 0.2) is 35.5 Å². The van der Waals surface area contributed by atoms with Crippen LogP contribution in [0.2, 0.25) is 0 Å². The maximum absolute atomic E-state index is 12.3. The molecule has 1 aromatic carbocycles. The molecule has 0 radical (unpaired) electrons. The number of thioether (sulfide) groups is 1. The van der Waals surface area contributed by atoms with Crippen LogP contribution in [0.4, 0.5) is 0 Å². The predicted molar refractivity (Wildman–Crippen MR) is 73.8 cm³/mol. The van der Waals surface area contributed by atoms with Crippen LogP contribution in [-0.4, -0.2) is 34.0 Å². The molecule has 2 heterocycles. The van der Waals surface area contributed by atoms with Gasteiger partial charge in [-0.2, -0.15) is 0 Å². The molecular formula is C13H10N2O5S. The molecule has 2 atom stereocenters. The third-order valence-electron chi connectivity index (χ3n) is 3.36. The second-order valence-electron chi connectivity index (χ2n) is 4.60. The van der Waals surface area contributed by atoms with Gasteiger partial charge in [0.15, 0.2) is 0 Å². The number of benzene rings is 1. The third kappa shape index (κ3) is 2.17. The zero-order valence-corrected chi connectivity index (χ0v) is 11.7. The van der Waals surface area contributed by atoms with Crippen molar-refractivity contribution in [1.29, 1.82) is 0 Å². The van der Waals surface area contributed by atoms with Gasteiger partial charge in [-0.1, -0.05) is 30.0 Å². The first-order valence-corrected chi connectivity index (χ1v) is 6.96. The minimum absolute atomic E-state index is 0.232. The summed E-state index contributed by atoms with van der Waals surface area (Å²) in [5.41, 5.74) is 1.08. The van der Waals surface area contributed by atoms with E-state index in [-0.39, 0.29) is 10.9 Å². The zero-order valence-electron chi connectivity index (χ0n) is 10.9. The van der Waals surface area contributed by atoms with Gasteiger partial charge in [-0.3, -0.25) is 14.9 Å². The number of carbonyl (C=O) groups excluding carboxylic acids is 2. The van der Waals surface area contributed by atoms with Crippen molar-refractivity contribution in [2.24, 2.45) is 0 Å². The molecule has 0 bridgehead atoms. The zero-order chi connectivity index (χ0) is 15.1. The lowest BCUT2D eigenvalue weighted by molar-refractivity contribution is -0.403. The van der Waals surface area contributed by atoms with Gasteiger partial charge in [-0.25, -0.2) is 4.79 Å². The summed E-state index contributed by atoms with van der Waals surface area (Å²) < 4.78 is 5.28. The molecule has 0 saturated carbocycles. The Bertz CT molecular complexity index is 687. The van der Waals surface area contributed by atoms with E-state index in [1.807, 2.05) is 0 Å². The molecule has 0 spiro atoms. The topological polar surface area (TPSA) is 89.8 Å². The fourth-order valence-electron chi connectivity index (χ4n) is 2.36. The molecule has 7 nitrogen and oxygen atoms in total. The van der Waals surface area contributed by atoms with Crippen molar-refractivity contribution < 1.29 is 19.2 Å². The van der Waals surface area contributed by atoms with Gasteiger partial charge in [-0.05, 0) is 6.07 Å². The second kappa shape index (κ2) is 4.88. The van der Waals surface area contributed by atoms with Crippen LogP contribution in [0.1, 0.15) is 22.0 Å². The number of esters is 1. The number of hydrogen-bond acceptors (Lipinski definition) is 6. The van der Waals surface area contributed by atoms with E-state index < -0.39 is 22.2 Å². The van der Waals surface area contributed by atoms with Crippen molar-refractivity contribution in [2.45, 2.75) is 11.4 Å². The molecule has 21 heavy (non-hydrogen) atoms. The van der Waals surface area contributed by atoms with Crippen LogP contribution in [0.3, 0.4) is 0 Å². The summed E-state index contributed by atoms with van der Waals surface area (Å²) in [6, 6.07) is 6.85. The first kappa shape index (κ1) is 13.6. The summed E-state index contributed by atoms with van der Waals surface area (Å²) in [7, 11) is 1.47. The monoisotopic (exact) mass is 306 g/mol. The summed E-state index contributed by atoms with van der Waals surface area (Å²) in [5, 5.41) is 10.1. The van der Waals surface area contributed by atoms with Crippen LogP contribution >= 0.6 is 11.8 Å². The van der Waals surface area contributed by atoms with Gasteiger partial charge in [0.2, 0.25) is 5.91 Å². The summed E-state index contributed by atoms with van der Waals surface area (Å²) in [6.45, 7) is 0. The molecular weight excluding hydrogens is 296 g/mol. The number of nitro groups is 1. The van der Waals surface area contributed by atoms with Gasteiger partial charge in [0, 0.05) is 12.6 Å². The third-order valence-corrected chi connectivity index (χ3v) is 4.69. The molecule has 2 aliphatic rings. The van der Waals surface area contributed by atoms with E-state index >= 15 is 0 Å². The number of nitrogens with zero attached hydrogens (tertiary/aromatic N) is 2. The predicted octanol–water partition coefficient (Wildman–Crippen LogP) is 1.55. The number of ether oxygens (including phenoxy) is 1. The number of cyclic esters (lactones) is 1. The van der Waals surface area contributed by atoms with Crippen LogP contribution < -0.4 is 0 Å². The van der Waals surface area contributed by atoms with Crippen molar-refractivity contribution in [1.82, 2.24) is 4.90 Å². The van der Waals surface area contributed by atoms with Gasteiger partial charge >= 0.3 is 5.97 Å². The Hall–Kier alpha value is -2.35. The fourth-order valence-corrected chi connectivity index (χ4v) is 3.60. The molecule has 3 rings (SSSR count). The molecule has 0 aromatic heterocycles. The Labute approximate surface area is 123 Å². The van der Waals surface area contributed by atoms with E-state index in [9.17, 15) is 19.7 Å². The van der Waals surface area contributed by atoms with Crippen LogP contribution in [-0.2, 0) is 9.53 Å². The number of amides is 1. The van der Waals surface area contributed by atoms with Crippen molar-refractivity contribution in [3.63, 3.8) is 0 Å². The molecule has 8 heteroatoms. The molecule has 1 fully saturated rings. The number of fused-ring (bicyclic) bond motifs is 1. The van der Waals surface area contributed by atoms with Gasteiger partial charge in [0.25, 0.3) is 6.20 Å². The fraction of sp³-hybridized carbons (Fsp3) is 0.231. The molecule has 0 unspecified atom stereocenters. The lowest BCUT2D eigenvalue weighted by Gasteiger charge is -2.15. The quantitative estimate of drug-likeness (QED) is 0.468.